The number of nitrogens with two attached hydrogens (primary N) is 1. The van der Waals surface area contributed by atoms with Gasteiger partial charge in [-0.15, -0.1) is 0 Å². The maximum atomic E-state index is 12.4. The Hall–Kier alpha value is -1.64. The molecule has 0 aromatic heterocycles. The molecule has 0 fully saturated rings. The van der Waals surface area contributed by atoms with Crippen molar-refractivity contribution in [1.82, 2.24) is 9.21 Å². The number of nitrogens with zero attached hydrogens (tertiary/aromatic N) is 2. The van der Waals surface area contributed by atoms with E-state index in [4.69, 9.17) is 10.8 Å². The highest BCUT2D eigenvalue weighted by atomic mass is 32.2. The lowest BCUT2D eigenvalue weighted by atomic mass is 10.2. The van der Waals surface area contributed by atoms with Gasteiger partial charge in [-0.3, -0.25) is 0 Å². The molecule has 112 valence electrons. The number of aromatic carboxylic acids is 1. The van der Waals surface area contributed by atoms with Crippen LogP contribution in [0.3, 0.4) is 0 Å². The van der Waals surface area contributed by atoms with Crippen LogP contribution >= 0.6 is 0 Å². The standard InChI is InChI=1S/C12H19N3O4S/c1-14(2)6-7-15(3)20(18,19)11-8-9(13)4-5-10(11)12(16)17/h4-5,8H,6-7,13H2,1-3H3,(H,16,17). The second-order valence-corrected chi connectivity index (χ2v) is 6.70. The summed E-state index contributed by atoms with van der Waals surface area (Å²) in [5.74, 6) is -1.30. The van der Waals surface area contributed by atoms with Gasteiger partial charge in [0.15, 0.2) is 0 Å². The molecular weight excluding hydrogens is 282 g/mol. The van der Waals surface area contributed by atoms with E-state index in [2.05, 4.69) is 0 Å². The highest BCUT2D eigenvalue weighted by Crippen LogP contribution is 2.22. The third-order valence-corrected chi connectivity index (χ3v) is 4.68. The van der Waals surface area contributed by atoms with E-state index < -0.39 is 16.0 Å². The number of sulfonamides is 1. The molecule has 0 radical (unpaired) electrons. The maximum absolute atomic E-state index is 12.4. The summed E-state index contributed by atoms with van der Waals surface area (Å²) in [5.41, 5.74) is 5.48. The van der Waals surface area contributed by atoms with Crippen molar-refractivity contribution in [2.45, 2.75) is 4.90 Å². The number of carboxylic acids is 1. The van der Waals surface area contributed by atoms with Gasteiger partial charge < -0.3 is 15.7 Å². The number of benzene rings is 1. The number of hydrogen-bond donors (Lipinski definition) is 2. The Balaban J connectivity index is 3.21. The topological polar surface area (TPSA) is 104 Å². The van der Waals surface area contributed by atoms with Gasteiger partial charge >= 0.3 is 5.97 Å². The van der Waals surface area contributed by atoms with Gasteiger partial charge in [0.2, 0.25) is 10.0 Å². The van der Waals surface area contributed by atoms with Crippen molar-refractivity contribution >= 4 is 21.7 Å². The van der Waals surface area contributed by atoms with Crippen molar-refractivity contribution < 1.29 is 18.3 Å². The fourth-order valence-electron chi connectivity index (χ4n) is 1.56. The monoisotopic (exact) mass is 301 g/mol. The molecule has 0 spiro atoms. The van der Waals surface area contributed by atoms with E-state index in [1.807, 2.05) is 19.0 Å². The molecular formula is C12H19N3O4S. The fourth-order valence-corrected chi connectivity index (χ4v) is 2.93. The Morgan fingerprint density at radius 2 is 1.85 bits per heavy atom. The Kier molecular flexibility index (Phi) is 5.09. The Morgan fingerprint density at radius 1 is 1.25 bits per heavy atom. The lowest BCUT2D eigenvalue weighted by Crippen LogP contribution is -2.34. The summed E-state index contributed by atoms with van der Waals surface area (Å²) in [5, 5.41) is 9.09. The Bertz CT molecular complexity index is 599. The number of rotatable bonds is 6. The van der Waals surface area contributed by atoms with E-state index in [0.29, 0.717) is 6.54 Å². The fraction of sp³-hybridized carbons (Fsp3) is 0.417. The molecule has 1 aromatic carbocycles. The van der Waals surface area contributed by atoms with Crippen LogP contribution in [0.1, 0.15) is 10.4 Å². The zero-order valence-corrected chi connectivity index (χ0v) is 12.5. The van der Waals surface area contributed by atoms with E-state index in [-0.39, 0.29) is 22.7 Å². The number of hydrogen-bond acceptors (Lipinski definition) is 5. The molecule has 0 unspecified atom stereocenters. The molecule has 0 saturated heterocycles. The number of carbonyl (C=O) groups is 1. The molecule has 0 saturated carbocycles. The van der Waals surface area contributed by atoms with Crippen molar-refractivity contribution in [3.63, 3.8) is 0 Å². The first-order chi connectivity index (χ1) is 9.16. The summed E-state index contributed by atoms with van der Waals surface area (Å²) in [4.78, 5) is 12.7. The Morgan fingerprint density at radius 3 is 2.35 bits per heavy atom. The van der Waals surface area contributed by atoms with Crippen LogP contribution in [-0.4, -0.2) is 62.9 Å². The molecule has 3 N–H and O–H groups in total. The number of likely N-dealkylation sites (N-methyl/N-ethyl adjacent to an activating group) is 2. The van der Waals surface area contributed by atoms with Crippen LogP contribution in [-0.2, 0) is 10.0 Å². The maximum Gasteiger partial charge on any atom is 0.337 e. The summed E-state index contributed by atoms with van der Waals surface area (Å²) in [6.45, 7) is 0.781. The van der Waals surface area contributed by atoms with Crippen LogP contribution in [0.15, 0.2) is 23.1 Å². The van der Waals surface area contributed by atoms with Crippen LogP contribution in [0, 0.1) is 0 Å². The van der Waals surface area contributed by atoms with E-state index in [1.54, 1.807) is 0 Å². The predicted molar refractivity (Wildman–Crippen MR) is 76.2 cm³/mol. The van der Waals surface area contributed by atoms with Crippen molar-refractivity contribution in [2.24, 2.45) is 0 Å². The van der Waals surface area contributed by atoms with Gasteiger partial charge in [-0.1, -0.05) is 0 Å². The average Bonchev–Trinajstić information content (AvgIpc) is 2.35. The van der Waals surface area contributed by atoms with Crippen molar-refractivity contribution in [3.8, 4) is 0 Å². The second-order valence-electron chi connectivity index (χ2n) is 4.69. The van der Waals surface area contributed by atoms with Crippen molar-refractivity contribution in [1.29, 1.82) is 0 Å². The SMILES string of the molecule is CN(C)CCN(C)S(=O)(=O)c1cc(N)ccc1C(=O)O. The van der Waals surface area contributed by atoms with Gasteiger partial charge in [-0.05, 0) is 32.3 Å². The zero-order chi connectivity index (χ0) is 15.5. The first-order valence-electron chi connectivity index (χ1n) is 5.90. The minimum absolute atomic E-state index is 0.203. The molecule has 0 bridgehead atoms. The van der Waals surface area contributed by atoms with E-state index >= 15 is 0 Å². The smallest absolute Gasteiger partial charge is 0.337 e. The quantitative estimate of drug-likeness (QED) is 0.725. The highest BCUT2D eigenvalue weighted by Gasteiger charge is 2.26. The molecule has 1 rings (SSSR count). The van der Waals surface area contributed by atoms with Gasteiger partial charge in [-0.25, -0.2) is 13.2 Å². The molecule has 0 amide bonds. The van der Waals surface area contributed by atoms with Crippen molar-refractivity contribution in [3.05, 3.63) is 23.8 Å². The van der Waals surface area contributed by atoms with Gasteiger partial charge in [-0.2, -0.15) is 4.31 Å². The lowest BCUT2D eigenvalue weighted by molar-refractivity contribution is 0.0692. The molecule has 0 aliphatic heterocycles. The van der Waals surface area contributed by atoms with Crippen LogP contribution in [0.5, 0.6) is 0 Å². The molecule has 1 aromatic rings. The number of carboxylic acid groups (broad SMARTS) is 1. The average molecular weight is 301 g/mol. The van der Waals surface area contributed by atoms with E-state index in [0.717, 1.165) is 4.31 Å². The van der Waals surface area contributed by atoms with Crippen LogP contribution in [0.25, 0.3) is 0 Å². The minimum Gasteiger partial charge on any atom is -0.478 e. The lowest BCUT2D eigenvalue weighted by Gasteiger charge is -2.20. The third-order valence-electron chi connectivity index (χ3n) is 2.79. The summed E-state index contributed by atoms with van der Waals surface area (Å²) in [6.07, 6.45) is 0. The van der Waals surface area contributed by atoms with E-state index in [1.165, 1.54) is 25.2 Å². The molecule has 0 heterocycles. The van der Waals surface area contributed by atoms with Crippen LogP contribution < -0.4 is 5.73 Å². The first kappa shape index (κ1) is 16.4. The molecule has 20 heavy (non-hydrogen) atoms. The molecule has 7 nitrogen and oxygen atoms in total. The number of anilines is 1. The van der Waals surface area contributed by atoms with Crippen LogP contribution in [0.4, 0.5) is 5.69 Å². The molecule has 0 aliphatic rings. The van der Waals surface area contributed by atoms with Crippen molar-refractivity contribution in [2.75, 3.05) is 40.0 Å². The Labute approximate surface area is 118 Å². The van der Waals surface area contributed by atoms with Gasteiger partial charge in [0.25, 0.3) is 0 Å². The molecule has 0 atom stereocenters. The number of nitrogen functional groups attached to an aromatic ring is 1. The van der Waals surface area contributed by atoms with Gasteiger partial charge in [0.05, 0.1) is 10.5 Å². The predicted octanol–water partition coefficient (Wildman–Crippen LogP) is 0.149. The second kappa shape index (κ2) is 6.21. The molecule has 0 aliphatic carbocycles. The summed E-state index contributed by atoms with van der Waals surface area (Å²) in [6, 6.07) is 3.73. The van der Waals surface area contributed by atoms with Crippen LogP contribution in [0.2, 0.25) is 0 Å². The van der Waals surface area contributed by atoms with Gasteiger partial charge in [0.1, 0.15) is 0 Å². The summed E-state index contributed by atoms with van der Waals surface area (Å²) in [7, 11) is 1.17. The third kappa shape index (κ3) is 3.69. The van der Waals surface area contributed by atoms with Gasteiger partial charge in [0, 0.05) is 25.8 Å². The molecule has 8 heteroatoms. The summed E-state index contributed by atoms with van der Waals surface area (Å²) >= 11 is 0. The summed E-state index contributed by atoms with van der Waals surface area (Å²) < 4.78 is 25.9. The normalized spacial score (nSPS) is 12.1. The highest BCUT2D eigenvalue weighted by molar-refractivity contribution is 7.89. The zero-order valence-electron chi connectivity index (χ0n) is 11.7. The first-order valence-corrected chi connectivity index (χ1v) is 7.34. The largest absolute Gasteiger partial charge is 0.478 e. The minimum atomic E-state index is -3.89. The van der Waals surface area contributed by atoms with E-state index in [9.17, 15) is 13.2 Å².